The fourth-order valence-electron chi connectivity index (χ4n) is 2.16. The fourth-order valence-corrected chi connectivity index (χ4v) is 2.16. The first-order valence-corrected chi connectivity index (χ1v) is 6.14. The van der Waals surface area contributed by atoms with Crippen molar-refractivity contribution in [3.8, 4) is 6.07 Å². The summed E-state index contributed by atoms with van der Waals surface area (Å²) in [7, 11) is 0. The van der Waals surface area contributed by atoms with E-state index in [4.69, 9.17) is 5.11 Å². The molecule has 0 atom stereocenters. The van der Waals surface area contributed by atoms with Crippen molar-refractivity contribution in [2.45, 2.75) is 44.4 Å². The van der Waals surface area contributed by atoms with Crippen LogP contribution >= 0.6 is 0 Å². The highest BCUT2D eigenvalue weighted by Gasteiger charge is 2.40. The highest BCUT2D eigenvalue weighted by molar-refractivity contribution is 5.85. The number of aliphatic hydroxyl groups excluding tert-OH is 1. The summed E-state index contributed by atoms with van der Waals surface area (Å²) in [6.07, 6.45) is 4.28. The number of alkyl halides is 2. The average Bonchev–Trinajstić information content (AvgIpc) is 2.62. The van der Waals surface area contributed by atoms with Crippen molar-refractivity contribution in [3.63, 3.8) is 0 Å². The summed E-state index contributed by atoms with van der Waals surface area (Å²) in [6.45, 7) is -2.24. The van der Waals surface area contributed by atoms with Crippen LogP contribution in [-0.2, 0) is 4.79 Å². The number of hydrogen-bond acceptors (Lipinski definition) is 3. The number of nitrogens with one attached hydrogen (secondary N) is 1. The molecule has 0 aromatic heterocycles. The quantitative estimate of drug-likeness (QED) is 0.754. The third-order valence-corrected chi connectivity index (χ3v) is 3.34. The molecule has 0 aromatic carbocycles. The van der Waals surface area contributed by atoms with Gasteiger partial charge in [-0.1, -0.05) is 25.7 Å². The van der Waals surface area contributed by atoms with Gasteiger partial charge in [0.25, 0.3) is 5.92 Å². The van der Waals surface area contributed by atoms with Crippen molar-refractivity contribution >= 4 is 5.91 Å². The van der Waals surface area contributed by atoms with Crippen LogP contribution in [0.25, 0.3) is 0 Å². The predicted octanol–water partition coefficient (Wildman–Crippen LogP) is 1.59. The summed E-state index contributed by atoms with van der Waals surface area (Å²) < 4.78 is 25.7. The fraction of sp³-hybridized carbons (Fsp3) is 0.833. The number of amides is 1. The number of rotatable bonds is 4. The lowest BCUT2D eigenvalue weighted by atomic mass is 9.81. The van der Waals surface area contributed by atoms with E-state index >= 15 is 0 Å². The van der Waals surface area contributed by atoms with Gasteiger partial charge < -0.3 is 10.4 Å². The van der Waals surface area contributed by atoms with E-state index in [1.165, 1.54) is 0 Å². The Morgan fingerprint density at radius 1 is 1.33 bits per heavy atom. The maximum atomic E-state index is 12.8. The molecule has 1 aliphatic carbocycles. The topological polar surface area (TPSA) is 73.1 Å². The normalized spacial score (nSPS) is 19.7. The number of hydrogen-bond donors (Lipinski definition) is 2. The molecule has 0 aliphatic heterocycles. The maximum Gasteiger partial charge on any atom is 0.287 e. The van der Waals surface area contributed by atoms with Crippen LogP contribution in [-0.4, -0.2) is 30.1 Å². The molecule has 4 nitrogen and oxygen atoms in total. The molecule has 0 bridgehead atoms. The molecule has 1 saturated carbocycles. The number of nitriles is 1. The van der Waals surface area contributed by atoms with E-state index in [0.29, 0.717) is 12.8 Å². The number of nitrogens with zero attached hydrogens (tertiary/aromatic N) is 1. The van der Waals surface area contributed by atoms with Gasteiger partial charge in [0.2, 0.25) is 5.91 Å². The Labute approximate surface area is 105 Å². The predicted molar refractivity (Wildman–Crippen MR) is 60.8 cm³/mol. The molecule has 1 aliphatic rings. The van der Waals surface area contributed by atoms with Gasteiger partial charge >= 0.3 is 0 Å². The first kappa shape index (κ1) is 14.8. The number of carbonyl (C=O) groups excluding carboxylic acids is 1. The average molecular weight is 260 g/mol. The monoisotopic (exact) mass is 260 g/mol. The molecule has 0 saturated heterocycles. The van der Waals surface area contributed by atoms with Crippen LogP contribution in [0.2, 0.25) is 0 Å². The lowest BCUT2D eigenvalue weighted by Crippen LogP contribution is -2.46. The minimum Gasteiger partial charge on any atom is -0.390 e. The Hall–Kier alpha value is -1.22. The van der Waals surface area contributed by atoms with Crippen molar-refractivity contribution in [3.05, 3.63) is 0 Å². The molecular formula is C12H18F2N2O2. The van der Waals surface area contributed by atoms with Gasteiger partial charge in [-0.15, -0.1) is 0 Å². The molecule has 0 spiro atoms. The number of aliphatic hydroxyl groups is 1. The molecule has 0 unspecified atom stereocenters. The number of halogens is 2. The van der Waals surface area contributed by atoms with Crippen molar-refractivity contribution in [1.82, 2.24) is 5.32 Å². The molecular weight excluding hydrogens is 242 g/mol. The van der Waals surface area contributed by atoms with Crippen LogP contribution in [0.3, 0.4) is 0 Å². The summed E-state index contributed by atoms with van der Waals surface area (Å²) in [4.78, 5) is 11.9. The molecule has 2 N–H and O–H groups in total. The second-order valence-electron chi connectivity index (χ2n) is 4.80. The van der Waals surface area contributed by atoms with Crippen molar-refractivity contribution in [1.29, 1.82) is 5.26 Å². The van der Waals surface area contributed by atoms with Gasteiger partial charge in [-0.25, -0.2) is 8.78 Å². The molecule has 0 heterocycles. The highest BCUT2D eigenvalue weighted by atomic mass is 19.3. The van der Waals surface area contributed by atoms with E-state index in [9.17, 15) is 18.8 Å². The number of carbonyl (C=O) groups is 1. The van der Waals surface area contributed by atoms with Gasteiger partial charge in [0.05, 0.1) is 12.6 Å². The van der Waals surface area contributed by atoms with Crippen molar-refractivity contribution in [2.24, 2.45) is 5.41 Å². The maximum absolute atomic E-state index is 12.8. The van der Waals surface area contributed by atoms with Crippen LogP contribution in [0.5, 0.6) is 0 Å². The lowest BCUT2D eigenvalue weighted by Gasteiger charge is -2.24. The third kappa shape index (κ3) is 3.64. The summed E-state index contributed by atoms with van der Waals surface area (Å²) in [6, 6.07) is 1.99. The zero-order chi connectivity index (χ0) is 13.6. The van der Waals surface area contributed by atoms with E-state index in [0.717, 1.165) is 25.7 Å². The molecule has 1 fully saturated rings. The first-order valence-electron chi connectivity index (χ1n) is 6.14. The second-order valence-corrected chi connectivity index (χ2v) is 4.80. The minimum atomic E-state index is -3.34. The van der Waals surface area contributed by atoms with Gasteiger partial charge in [0, 0.05) is 0 Å². The van der Waals surface area contributed by atoms with Crippen LogP contribution in [0.15, 0.2) is 0 Å². The summed E-state index contributed by atoms with van der Waals surface area (Å²) in [5, 5.41) is 19.7. The Bertz CT molecular complexity index is 331. The van der Waals surface area contributed by atoms with Gasteiger partial charge in [-0.2, -0.15) is 5.26 Å². The molecule has 102 valence electrons. The lowest BCUT2D eigenvalue weighted by molar-refractivity contribution is -0.131. The van der Waals surface area contributed by atoms with E-state index in [1.54, 1.807) is 0 Å². The molecule has 1 rings (SSSR count). The van der Waals surface area contributed by atoms with Crippen molar-refractivity contribution in [2.75, 3.05) is 13.2 Å². The van der Waals surface area contributed by atoms with Gasteiger partial charge in [0.15, 0.2) is 0 Å². The van der Waals surface area contributed by atoms with Crippen LogP contribution in [0.1, 0.15) is 38.5 Å². The summed E-state index contributed by atoms with van der Waals surface area (Å²) in [5.74, 6) is -3.98. The minimum absolute atomic E-state index is 0.417. The van der Waals surface area contributed by atoms with Gasteiger partial charge in [0.1, 0.15) is 12.0 Å². The zero-order valence-corrected chi connectivity index (χ0v) is 10.2. The largest absolute Gasteiger partial charge is 0.390 e. The van der Waals surface area contributed by atoms with Crippen LogP contribution in [0, 0.1) is 16.7 Å². The summed E-state index contributed by atoms with van der Waals surface area (Å²) >= 11 is 0. The summed E-state index contributed by atoms with van der Waals surface area (Å²) in [5.41, 5.74) is -1.18. The van der Waals surface area contributed by atoms with E-state index in [-0.39, 0.29) is 0 Å². The van der Waals surface area contributed by atoms with E-state index < -0.39 is 30.4 Å². The Balaban J connectivity index is 2.65. The molecule has 18 heavy (non-hydrogen) atoms. The SMILES string of the molecule is N#CC1(C(=O)NCC(F)(F)CO)CCCCCC1. The Kier molecular flexibility index (Phi) is 5.03. The highest BCUT2D eigenvalue weighted by Crippen LogP contribution is 2.34. The second kappa shape index (κ2) is 6.10. The Morgan fingerprint density at radius 3 is 2.33 bits per heavy atom. The molecule has 6 heteroatoms. The molecule has 0 radical (unpaired) electrons. The standard InChI is InChI=1S/C12H18F2N2O2/c13-12(14,9-17)8-16-10(18)11(7-15)5-3-1-2-4-6-11/h17H,1-6,8-9H2,(H,16,18). The van der Waals surface area contributed by atoms with Gasteiger partial charge in [-0.05, 0) is 12.8 Å². The van der Waals surface area contributed by atoms with Crippen LogP contribution < -0.4 is 5.32 Å². The van der Waals surface area contributed by atoms with Crippen molar-refractivity contribution < 1.29 is 18.7 Å². The van der Waals surface area contributed by atoms with Crippen LogP contribution in [0.4, 0.5) is 8.78 Å². The molecule has 1 amide bonds. The van der Waals surface area contributed by atoms with Gasteiger partial charge in [-0.3, -0.25) is 4.79 Å². The zero-order valence-electron chi connectivity index (χ0n) is 10.2. The Morgan fingerprint density at radius 2 is 1.89 bits per heavy atom. The first-order chi connectivity index (χ1) is 8.46. The van der Waals surface area contributed by atoms with E-state index in [2.05, 4.69) is 5.32 Å². The third-order valence-electron chi connectivity index (χ3n) is 3.34. The molecule has 0 aromatic rings. The smallest absolute Gasteiger partial charge is 0.287 e. The van der Waals surface area contributed by atoms with E-state index in [1.807, 2.05) is 6.07 Å².